The molecule has 0 amide bonds. The van der Waals surface area contributed by atoms with E-state index < -0.39 is 0 Å². The van der Waals surface area contributed by atoms with Crippen molar-refractivity contribution in [3.8, 4) is 0 Å². The highest BCUT2D eigenvalue weighted by Gasteiger charge is 2.08. The molecular formula is C11H22N2. The first kappa shape index (κ1) is 12.2. The van der Waals surface area contributed by atoms with Crippen LogP contribution in [0.2, 0.25) is 0 Å². The van der Waals surface area contributed by atoms with Crippen LogP contribution in [0, 0.1) is 10.8 Å². The Kier molecular flexibility index (Phi) is 5.44. The monoisotopic (exact) mass is 182 g/mol. The van der Waals surface area contributed by atoms with Crippen LogP contribution in [-0.2, 0) is 0 Å². The summed E-state index contributed by atoms with van der Waals surface area (Å²) in [7, 11) is 0. The van der Waals surface area contributed by atoms with Crippen molar-refractivity contribution < 1.29 is 0 Å². The number of hydrogen-bond acceptors (Lipinski definition) is 2. The van der Waals surface area contributed by atoms with Crippen molar-refractivity contribution in [2.24, 2.45) is 11.1 Å². The van der Waals surface area contributed by atoms with Crippen LogP contribution in [0.15, 0.2) is 11.8 Å². The van der Waals surface area contributed by atoms with Gasteiger partial charge in [-0.2, -0.15) is 0 Å². The van der Waals surface area contributed by atoms with Gasteiger partial charge in [0, 0.05) is 11.9 Å². The normalized spacial score (nSPS) is 13.0. The van der Waals surface area contributed by atoms with Crippen molar-refractivity contribution in [1.29, 1.82) is 5.41 Å². The van der Waals surface area contributed by atoms with Crippen LogP contribution >= 0.6 is 0 Å². The van der Waals surface area contributed by atoms with Crippen molar-refractivity contribution in [2.45, 2.75) is 46.5 Å². The minimum absolute atomic E-state index is 0.431. The molecular weight excluding hydrogens is 160 g/mol. The molecule has 0 aliphatic heterocycles. The quantitative estimate of drug-likeness (QED) is 0.498. The summed E-state index contributed by atoms with van der Waals surface area (Å²) in [6.45, 7) is 6.76. The average Bonchev–Trinajstić information content (AvgIpc) is 1.97. The van der Waals surface area contributed by atoms with Gasteiger partial charge in [-0.3, -0.25) is 0 Å². The first-order valence-electron chi connectivity index (χ1n) is 4.91. The number of nitrogens with two attached hydrogens (primary N) is 1. The van der Waals surface area contributed by atoms with E-state index in [1.807, 2.05) is 0 Å². The van der Waals surface area contributed by atoms with Gasteiger partial charge in [0.25, 0.3) is 0 Å². The van der Waals surface area contributed by atoms with Gasteiger partial charge in [0.15, 0.2) is 0 Å². The van der Waals surface area contributed by atoms with Crippen molar-refractivity contribution in [2.75, 3.05) is 0 Å². The van der Waals surface area contributed by atoms with E-state index >= 15 is 0 Å². The molecule has 0 aromatic heterocycles. The topological polar surface area (TPSA) is 49.9 Å². The lowest BCUT2D eigenvalue weighted by atomic mass is 9.89. The van der Waals surface area contributed by atoms with Crippen LogP contribution in [0.4, 0.5) is 0 Å². The summed E-state index contributed by atoms with van der Waals surface area (Å²) in [6.07, 6.45) is 7.43. The molecule has 2 heteroatoms. The Labute approximate surface area is 81.7 Å². The highest BCUT2D eigenvalue weighted by molar-refractivity contribution is 5.68. The van der Waals surface area contributed by atoms with Crippen molar-refractivity contribution in [1.82, 2.24) is 0 Å². The van der Waals surface area contributed by atoms with Crippen molar-refractivity contribution >= 4 is 6.21 Å². The maximum absolute atomic E-state index is 6.83. The minimum atomic E-state index is 0.431. The molecule has 0 aromatic carbocycles. The lowest BCUT2D eigenvalue weighted by Gasteiger charge is -2.17. The van der Waals surface area contributed by atoms with Crippen LogP contribution < -0.4 is 5.73 Å². The summed E-state index contributed by atoms with van der Waals surface area (Å²) in [5.74, 6) is 0. The zero-order chi connectivity index (χ0) is 10.3. The predicted molar refractivity (Wildman–Crippen MR) is 59.0 cm³/mol. The summed E-state index contributed by atoms with van der Waals surface area (Å²) in [4.78, 5) is 0. The molecule has 0 unspecified atom stereocenters. The van der Waals surface area contributed by atoms with E-state index in [2.05, 4.69) is 20.8 Å². The Balaban J connectivity index is 3.47. The van der Waals surface area contributed by atoms with Gasteiger partial charge in [-0.25, -0.2) is 0 Å². The van der Waals surface area contributed by atoms with Gasteiger partial charge < -0.3 is 11.1 Å². The average molecular weight is 182 g/mol. The van der Waals surface area contributed by atoms with Crippen LogP contribution in [0.25, 0.3) is 0 Å². The van der Waals surface area contributed by atoms with Gasteiger partial charge in [0.05, 0.1) is 0 Å². The van der Waals surface area contributed by atoms with Crippen LogP contribution in [-0.4, -0.2) is 6.21 Å². The minimum Gasteiger partial charge on any atom is -0.402 e. The zero-order valence-corrected chi connectivity index (χ0v) is 9.06. The molecule has 0 atom stereocenters. The lowest BCUT2D eigenvalue weighted by Crippen LogP contribution is -2.05. The molecule has 0 saturated carbocycles. The van der Waals surface area contributed by atoms with Crippen molar-refractivity contribution in [3.63, 3.8) is 0 Å². The van der Waals surface area contributed by atoms with E-state index in [0.29, 0.717) is 5.41 Å². The van der Waals surface area contributed by atoms with E-state index in [4.69, 9.17) is 11.1 Å². The van der Waals surface area contributed by atoms with Gasteiger partial charge in [0.1, 0.15) is 0 Å². The third-order valence-corrected chi connectivity index (χ3v) is 1.94. The summed E-state index contributed by atoms with van der Waals surface area (Å²) >= 11 is 0. The number of rotatable bonds is 5. The second-order valence-corrected chi connectivity index (χ2v) is 4.68. The summed E-state index contributed by atoms with van der Waals surface area (Å²) in [6, 6.07) is 0. The molecule has 0 bridgehead atoms. The molecule has 0 radical (unpaired) electrons. The number of hydrogen-bond donors (Lipinski definition) is 2. The molecule has 0 heterocycles. The predicted octanol–water partition coefficient (Wildman–Crippen LogP) is 3.09. The van der Waals surface area contributed by atoms with E-state index in [1.165, 1.54) is 19.1 Å². The van der Waals surface area contributed by atoms with Crippen molar-refractivity contribution in [3.05, 3.63) is 11.8 Å². The number of unbranched alkanes of at least 4 members (excludes halogenated alkanes) is 1. The molecule has 76 valence electrons. The maximum atomic E-state index is 6.83. The molecule has 13 heavy (non-hydrogen) atoms. The summed E-state index contributed by atoms with van der Waals surface area (Å²) in [5.41, 5.74) is 6.90. The van der Waals surface area contributed by atoms with Gasteiger partial charge in [-0.15, -0.1) is 0 Å². The van der Waals surface area contributed by atoms with Gasteiger partial charge >= 0.3 is 0 Å². The molecule has 0 spiro atoms. The smallest absolute Gasteiger partial charge is 0.0194 e. The number of nitrogens with one attached hydrogen (secondary N) is 1. The Hall–Kier alpha value is -0.790. The second-order valence-electron chi connectivity index (χ2n) is 4.68. The first-order chi connectivity index (χ1) is 5.95. The highest BCUT2D eigenvalue weighted by atomic mass is 14.6. The fraction of sp³-hybridized carbons (Fsp3) is 0.727. The van der Waals surface area contributed by atoms with E-state index in [0.717, 1.165) is 18.5 Å². The standard InChI is InChI=1S/C11H22N2/c1-11(2,3)8-5-4-6-10(13)7-9-12/h7,9,12H,4-6,8,13H2,1-3H3. The first-order valence-corrected chi connectivity index (χ1v) is 4.91. The molecule has 0 saturated heterocycles. The Bertz CT molecular complexity index is 175. The molecule has 0 aliphatic carbocycles. The molecule has 0 fully saturated rings. The lowest BCUT2D eigenvalue weighted by molar-refractivity contribution is 0.360. The van der Waals surface area contributed by atoms with Gasteiger partial charge in [-0.1, -0.05) is 27.2 Å². The van der Waals surface area contributed by atoms with E-state index in [-0.39, 0.29) is 0 Å². The summed E-state index contributed by atoms with van der Waals surface area (Å²) in [5, 5.41) is 6.83. The molecule has 0 aromatic rings. The van der Waals surface area contributed by atoms with Crippen LogP contribution in [0.1, 0.15) is 46.5 Å². The Morgan fingerprint density at radius 2 is 1.92 bits per heavy atom. The highest BCUT2D eigenvalue weighted by Crippen LogP contribution is 2.22. The van der Waals surface area contributed by atoms with E-state index in [1.54, 1.807) is 6.08 Å². The van der Waals surface area contributed by atoms with Crippen LogP contribution in [0.5, 0.6) is 0 Å². The molecule has 3 N–H and O–H groups in total. The molecule has 0 rings (SSSR count). The SMILES string of the molecule is CC(C)(C)CCCCC(N)=CC=N. The zero-order valence-electron chi connectivity index (χ0n) is 9.06. The molecule has 0 aliphatic rings. The van der Waals surface area contributed by atoms with Gasteiger partial charge in [-0.05, 0) is 30.8 Å². The van der Waals surface area contributed by atoms with E-state index in [9.17, 15) is 0 Å². The van der Waals surface area contributed by atoms with Crippen LogP contribution in [0.3, 0.4) is 0 Å². The third-order valence-electron chi connectivity index (χ3n) is 1.94. The fourth-order valence-corrected chi connectivity index (χ4v) is 1.17. The fourth-order valence-electron chi connectivity index (χ4n) is 1.17. The summed E-state index contributed by atoms with van der Waals surface area (Å²) < 4.78 is 0. The van der Waals surface area contributed by atoms with Gasteiger partial charge in [0.2, 0.25) is 0 Å². The Morgan fingerprint density at radius 1 is 1.31 bits per heavy atom. The third kappa shape index (κ3) is 9.12. The second kappa shape index (κ2) is 5.79. The number of allylic oxidation sites excluding steroid dienone is 2. The largest absolute Gasteiger partial charge is 0.402 e. The molecule has 2 nitrogen and oxygen atoms in total. The maximum Gasteiger partial charge on any atom is 0.0194 e. The Morgan fingerprint density at radius 3 is 2.38 bits per heavy atom.